The van der Waals surface area contributed by atoms with Crippen LogP contribution in [0.4, 0.5) is 4.70 Å². The molecule has 0 aliphatic heterocycles. The van der Waals surface area contributed by atoms with Gasteiger partial charge in [-0.05, 0) is 46.0 Å². The van der Waals surface area contributed by atoms with Crippen molar-refractivity contribution in [3.8, 4) is 0 Å². The lowest BCUT2D eigenvalue weighted by Crippen LogP contribution is -1.67. The monoisotopic (exact) mass is 649 g/mol. The number of hydrogen-bond acceptors (Lipinski definition) is 0. The van der Waals surface area contributed by atoms with Gasteiger partial charge in [-0.15, -0.1) is 0 Å². The Kier molecular flexibility index (Phi) is 168. The molecular weight excluding hydrogens is 558 g/mol. The van der Waals surface area contributed by atoms with Gasteiger partial charge in [0.1, 0.15) is 0 Å². The quantitative estimate of drug-likeness (QED) is 0.229. The van der Waals surface area contributed by atoms with Gasteiger partial charge in [0.25, 0.3) is 0 Å². The van der Waals surface area contributed by atoms with Gasteiger partial charge in [-0.25, -0.2) is 0 Å². The zero-order valence-electron chi connectivity index (χ0n) is 33.9. The van der Waals surface area contributed by atoms with E-state index < -0.39 is 0 Å². The summed E-state index contributed by atoms with van der Waals surface area (Å²) in [5.74, 6) is 0. The largest absolute Gasteiger partial charge is 0.269 e. The normalized spacial score (nSPS) is 11.6. The van der Waals surface area contributed by atoms with Gasteiger partial charge in [0, 0.05) is 9.84 Å². The van der Waals surface area contributed by atoms with Crippen LogP contribution in [0.5, 0.6) is 0 Å². The maximum atomic E-state index is 2.20. The number of hydrogen-bond donors (Lipinski definition) is 0. The maximum Gasteiger partial charge on any atom is 0 e. The van der Waals surface area contributed by atoms with Gasteiger partial charge < -0.3 is 0 Å². The molecule has 3 radical (unpaired) electrons. The first-order valence-corrected chi connectivity index (χ1v) is 17.9. The Bertz CT molecular complexity index is 572. The van der Waals surface area contributed by atoms with Crippen molar-refractivity contribution in [2.45, 2.75) is 164 Å². The second-order valence-corrected chi connectivity index (χ2v) is 6.44. The van der Waals surface area contributed by atoms with E-state index >= 15 is 0 Å². The van der Waals surface area contributed by atoms with Crippen molar-refractivity contribution in [3.63, 3.8) is 0 Å². The molecule has 0 heterocycles. The third-order valence-electron chi connectivity index (χ3n) is 4.09. The highest BCUT2D eigenvalue weighted by atomic mass is 19.0. The van der Waals surface area contributed by atoms with Gasteiger partial charge >= 0.3 is 0 Å². The molecule has 0 atom stereocenters. The molecule has 0 amide bonds. The van der Waals surface area contributed by atoms with Crippen LogP contribution >= 0.6 is 0 Å². The Morgan fingerprint density at radius 2 is 0.543 bits per heavy atom. The molecule has 5 aliphatic rings. The molecule has 0 aromatic heterocycles. The minimum absolute atomic E-state index is 0. The fourth-order valence-electron chi connectivity index (χ4n) is 2.29. The van der Waals surface area contributed by atoms with Crippen LogP contribution in [-0.4, -0.2) is 8.41 Å². The molecule has 0 bridgehead atoms. The molecule has 2 heteroatoms. The van der Waals surface area contributed by atoms with Crippen LogP contribution in [0.2, 0.25) is 0 Å². The highest BCUT2D eigenvalue weighted by Crippen LogP contribution is 2.16. The molecule has 5 aliphatic carbocycles. The second-order valence-electron chi connectivity index (χ2n) is 6.44. The Hall–Kier alpha value is -2.61. The van der Waals surface area contributed by atoms with Crippen LogP contribution in [0.3, 0.4) is 0 Å². The van der Waals surface area contributed by atoms with E-state index in [4.69, 9.17) is 0 Å². The SMILES string of the molecule is C.C1=CCC=C1.C1=CCC=C1.C1=CCC=C1.C1=CCC=C1.CC.CC.CC.CC.CC.CC.CC.CC.CC1=C(C)CC=C1.F.[2HH].[B]. The summed E-state index contributed by atoms with van der Waals surface area (Å²) in [5.41, 5.74) is 2.96. The molecular formula is C44H89BF. The molecule has 0 N–H and O–H groups in total. The predicted molar refractivity (Wildman–Crippen MR) is 232 cm³/mol. The van der Waals surface area contributed by atoms with Gasteiger partial charge in [-0.1, -0.05) is 239 Å². The van der Waals surface area contributed by atoms with Gasteiger partial charge in [-0.3, -0.25) is 4.70 Å². The summed E-state index contributed by atoms with van der Waals surface area (Å²) in [4.78, 5) is 0. The van der Waals surface area contributed by atoms with Crippen LogP contribution < -0.4 is 0 Å². The minimum Gasteiger partial charge on any atom is -0.269 e. The fraction of sp³-hybridized carbons (Fsp3) is 0.545. The van der Waals surface area contributed by atoms with Crippen molar-refractivity contribution in [2.75, 3.05) is 0 Å². The first-order chi connectivity index (χ1) is 21.3. The van der Waals surface area contributed by atoms with Crippen molar-refractivity contribution < 1.29 is 6.13 Å². The van der Waals surface area contributed by atoms with E-state index in [1.807, 2.05) is 111 Å². The van der Waals surface area contributed by atoms with E-state index in [0.717, 1.165) is 25.7 Å². The molecule has 5 rings (SSSR count). The highest BCUT2D eigenvalue weighted by Gasteiger charge is 1.95. The number of rotatable bonds is 0. The molecule has 0 fully saturated rings. The van der Waals surface area contributed by atoms with Gasteiger partial charge in [0.15, 0.2) is 0 Å². The van der Waals surface area contributed by atoms with Crippen molar-refractivity contribution in [3.05, 3.63) is 121 Å². The Morgan fingerprint density at radius 1 is 0.370 bits per heavy atom. The molecule has 0 spiro atoms. The van der Waals surface area contributed by atoms with Crippen LogP contribution in [0.15, 0.2) is 121 Å². The van der Waals surface area contributed by atoms with Gasteiger partial charge in [0.2, 0.25) is 0 Å². The van der Waals surface area contributed by atoms with Gasteiger partial charge in [-0.2, -0.15) is 0 Å². The third kappa shape index (κ3) is 90.0. The zero-order valence-corrected chi connectivity index (χ0v) is 33.9. The zero-order chi connectivity index (χ0) is 35.4. The van der Waals surface area contributed by atoms with E-state index in [-0.39, 0.29) is 22.0 Å². The molecule has 0 unspecified atom stereocenters. The molecule has 0 saturated carbocycles. The molecule has 46 heavy (non-hydrogen) atoms. The smallest absolute Gasteiger partial charge is 0 e. The molecule has 0 nitrogen and oxygen atoms in total. The van der Waals surface area contributed by atoms with Crippen LogP contribution in [0, 0.1) is 0 Å². The van der Waals surface area contributed by atoms with Crippen LogP contribution in [0.25, 0.3) is 0 Å². The van der Waals surface area contributed by atoms with Gasteiger partial charge in [0.05, 0.1) is 0 Å². The lowest BCUT2D eigenvalue weighted by molar-refractivity contribution is 1.11. The van der Waals surface area contributed by atoms with Crippen molar-refractivity contribution in [1.29, 1.82) is 0 Å². The van der Waals surface area contributed by atoms with E-state index in [1.165, 1.54) is 17.6 Å². The van der Waals surface area contributed by atoms with E-state index in [0.29, 0.717) is 0 Å². The summed E-state index contributed by atoms with van der Waals surface area (Å²) >= 11 is 0. The van der Waals surface area contributed by atoms with Crippen LogP contribution in [0.1, 0.15) is 166 Å². The fourth-order valence-corrected chi connectivity index (χ4v) is 2.29. The summed E-state index contributed by atoms with van der Waals surface area (Å²) in [6, 6.07) is 0. The molecule has 0 aromatic carbocycles. The average molecular weight is 649 g/mol. The predicted octanol–water partition coefficient (Wildman–Crippen LogP) is 17.2. The Labute approximate surface area is 298 Å². The summed E-state index contributed by atoms with van der Waals surface area (Å²) in [5, 5.41) is 0. The van der Waals surface area contributed by atoms with E-state index in [2.05, 4.69) is 123 Å². The van der Waals surface area contributed by atoms with Crippen molar-refractivity contribution >= 4 is 8.41 Å². The van der Waals surface area contributed by atoms with Crippen molar-refractivity contribution in [2.24, 2.45) is 0 Å². The first-order valence-electron chi connectivity index (χ1n) is 17.9. The highest BCUT2D eigenvalue weighted by molar-refractivity contribution is 5.75. The lowest BCUT2D eigenvalue weighted by atomic mass is 10.2. The standard InChI is InChI=1S/C7H10.4C5H6.8C2H6.CH4.B.FH.H2/c1-6-4-3-5-7(6)2;4*1-2-4-5-3-1;8*1-2;;;;/h3-4H,5H2,1-2H3;4*1-4H,5H2;8*1-2H3;1H4;;2*1H/i;;;;;;;;;;;;;;;;1+1. The molecule has 0 saturated heterocycles. The molecule has 275 valence electrons. The van der Waals surface area contributed by atoms with E-state index in [9.17, 15) is 0 Å². The summed E-state index contributed by atoms with van der Waals surface area (Å²) in [6.45, 7) is 36.3. The summed E-state index contributed by atoms with van der Waals surface area (Å²) in [7, 11) is 0. The minimum atomic E-state index is 0. The third-order valence-corrected chi connectivity index (χ3v) is 4.09. The average Bonchev–Trinajstić information content (AvgIpc) is 3.97. The van der Waals surface area contributed by atoms with Crippen LogP contribution in [-0.2, 0) is 0 Å². The first kappa shape index (κ1) is 74.3. The van der Waals surface area contributed by atoms with E-state index in [1.54, 1.807) is 0 Å². The molecule has 0 aromatic rings. The number of halogens is 1. The summed E-state index contributed by atoms with van der Waals surface area (Å²) in [6.07, 6.45) is 43.5. The summed E-state index contributed by atoms with van der Waals surface area (Å²) < 4.78 is 0. The lowest BCUT2D eigenvalue weighted by Gasteiger charge is -1.87. The maximum absolute atomic E-state index is 2.20. The Balaban J connectivity index is -0.0000000290. The topological polar surface area (TPSA) is 0 Å². The number of allylic oxidation sites excluding steroid dienone is 20. The van der Waals surface area contributed by atoms with Crippen molar-refractivity contribution in [1.82, 2.24) is 0 Å². The second kappa shape index (κ2) is 104. The Morgan fingerprint density at radius 3 is 0.587 bits per heavy atom.